The molecule has 116 valence electrons. The van der Waals surface area contributed by atoms with Gasteiger partial charge in [0.25, 0.3) is 0 Å². The van der Waals surface area contributed by atoms with E-state index in [0.717, 1.165) is 21.8 Å². The molecule has 1 N–H and O–H groups in total. The molecule has 0 bridgehead atoms. The van der Waals surface area contributed by atoms with Crippen LogP contribution in [0.5, 0.6) is 5.75 Å². The molecule has 0 amide bonds. The molecule has 0 aliphatic carbocycles. The topological polar surface area (TPSA) is 54.7 Å². The summed E-state index contributed by atoms with van der Waals surface area (Å²) >= 11 is 7.46. The van der Waals surface area contributed by atoms with E-state index in [1.165, 1.54) is 6.21 Å². The highest BCUT2D eigenvalue weighted by Gasteiger charge is 2.06. The van der Waals surface area contributed by atoms with Gasteiger partial charge in [0, 0.05) is 16.0 Å². The van der Waals surface area contributed by atoms with Gasteiger partial charge in [-0.2, -0.15) is 0 Å². The van der Waals surface area contributed by atoms with E-state index in [-0.39, 0.29) is 0 Å². The summed E-state index contributed by atoms with van der Waals surface area (Å²) in [4.78, 5) is 4.57. The first-order valence-corrected chi connectivity index (χ1v) is 8.11. The lowest BCUT2D eigenvalue weighted by molar-refractivity contribution is 0.302. The number of hydrogen-bond acceptors (Lipinski definition) is 5. The summed E-state index contributed by atoms with van der Waals surface area (Å²) < 4.78 is 5.73. The minimum atomic E-state index is 0.379. The Morgan fingerprint density at radius 2 is 2.04 bits per heavy atom. The van der Waals surface area contributed by atoms with Gasteiger partial charge in [0.1, 0.15) is 17.4 Å². The van der Waals surface area contributed by atoms with Crippen LogP contribution in [0.3, 0.4) is 0 Å². The second kappa shape index (κ2) is 7.26. The van der Waals surface area contributed by atoms with Gasteiger partial charge in [-0.05, 0) is 29.8 Å². The van der Waals surface area contributed by atoms with E-state index >= 15 is 0 Å². The zero-order chi connectivity index (χ0) is 16.1. The maximum Gasteiger partial charge on any atom is 0.131 e. The minimum absolute atomic E-state index is 0.379. The summed E-state index contributed by atoms with van der Waals surface area (Å²) in [7, 11) is 0. The molecule has 1 aromatic heterocycles. The number of hydrogen-bond donors (Lipinski definition) is 1. The predicted octanol–water partition coefficient (Wildman–Crippen LogP) is 4.85. The maximum absolute atomic E-state index is 8.56. The van der Waals surface area contributed by atoms with Crippen LogP contribution < -0.4 is 4.74 Å². The van der Waals surface area contributed by atoms with E-state index in [1.54, 1.807) is 17.4 Å². The largest absolute Gasteiger partial charge is 0.487 e. The van der Waals surface area contributed by atoms with Crippen molar-refractivity contribution in [3.63, 3.8) is 0 Å². The Labute approximate surface area is 142 Å². The number of halogens is 1. The molecule has 0 aliphatic rings. The minimum Gasteiger partial charge on any atom is -0.487 e. The summed E-state index contributed by atoms with van der Waals surface area (Å²) in [5.74, 6) is 0.698. The van der Waals surface area contributed by atoms with E-state index in [4.69, 9.17) is 21.5 Å². The molecular weight excluding hydrogens is 332 g/mol. The molecule has 6 heteroatoms. The fraction of sp³-hybridized carbons (Fsp3) is 0.0588. The Hall–Kier alpha value is -2.37. The van der Waals surface area contributed by atoms with Crippen molar-refractivity contribution in [1.82, 2.24) is 4.98 Å². The van der Waals surface area contributed by atoms with E-state index < -0.39 is 0 Å². The summed E-state index contributed by atoms with van der Waals surface area (Å²) in [5.41, 5.74) is 2.66. The molecule has 0 unspecified atom stereocenters. The standard InChI is InChI=1S/C17H13ClN2O2S/c18-14-6-4-13(5-7-14)17-20-15(11-23-17)10-22-16-3-1-2-12(8-16)9-19-21/h1-9,11,21H,10H2/b19-9+. The van der Waals surface area contributed by atoms with Gasteiger partial charge in [0.05, 0.1) is 11.9 Å². The number of rotatable bonds is 5. The summed E-state index contributed by atoms with van der Waals surface area (Å²) in [6.45, 7) is 0.379. The molecule has 23 heavy (non-hydrogen) atoms. The van der Waals surface area contributed by atoms with E-state index in [2.05, 4.69) is 10.1 Å². The van der Waals surface area contributed by atoms with Crippen molar-refractivity contribution in [2.75, 3.05) is 0 Å². The zero-order valence-corrected chi connectivity index (χ0v) is 13.6. The zero-order valence-electron chi connectivity index (χ0n) is 12.0. The second-order valence-corrected chi connectivity index (χ2v) is 6.05. The monoisotopic (exact) mass is 344 g/mol. The Bertz CT molecular complexity index is 815. The first-order chi connectivity index (χ1) is 11.2. The van der Waals surface area contributed by atoms with Gasteiger partial charge in [0.15, 0.2) is 0 Å². The van der Waals surface area contributed by atoms with Gasteiger partial charge in [0.2, 0.25) is 0 Å². The SMILES string of the molecule is O/N=C/c1cccc(OCc2csc(-c3ccc(Cl)cc3)n2)c1. The van der Waals surface area contributed by atoms with Crippen LogP contribution in [-0.4, -0.2) is 16.4 Å². The van der Waals surface area contributed by atoms with Crippen LogP contribution in [0.4, 0.5) is 0 Å². The number of thiazole rings is 1. The Morgan fingerprint density at radius 1 is 1.22 bits per heavy atom. The third-order valence-corrected chi connectivity index (χ3v) is 4.29. The van der Waals surface area contributed by atoms with Crippen LogP contribution in [0.15, 0.2) is 59.1 Å². The Balaban J connectivity index is 1.67. The molecule has 0 spiro atoms. The van der Waals surface area contributed by atoms with Crippen LogP contribution >= 0.6 is 22.9 Å². The number of oxime groups is 1. The first-order valence-electron chi connectivity index (χ1n) is 6.85. The van der Waals surface area contributed by atoms with Crippen LogP contribution in [0.25, 0.3) is 10.6 Å². The third-order valence-electron chi connectivity index (χ3n) is 3.09. The average molecular weight is 345 g/mol. The van der Waals surface area contributed by atoms with Crippen molar-refractivity contribution in [3.05, 3.63) is 70.2 Å². The number of benzene rings is 2. The number of aromatic nitrogens is 1. The van der Waals surface area contributed by atoms with Crippen LogP contribution in [0.2, 0.25) is 5.02 Å². The molecule has 4 nitrogen and oxygen atoms in total. The molecule has 0 atom stereocenters. The molecule has 3 rings (SSSR count). The Morgan fingerprint density at radius 3 is 2.83 bits per heavy atom. The molecule has 0 saturated heterocycles. The normalized spacial score (nSPS) is 11.0. The average Bonchev–Trinajstić information content (AvgIpc) is 3.03. The van der Waals surface area contributed by atoms with Gasteiger partial charge < -0.3 is 9.94 Å². The molecular formula is C17H13ClN2O2S. The molecule has 0 aliphatic heterocycles. The second-order valence-electron chi connectivity index (χ2n) is 4.76. The lowest BCUT2D eigenvalue weighted by Crippen LogP contribution is -1.96. The van der Waals surface area contributed by atoms with Crippen molar-refractivity contribution < 1.29 is 9.94 Å². The number of ether oxygens (including phenoxy) is 1. The molecule has 1 heterocycles. The summed E-state index contributed by atoms with van der Waals surface area (Å²) in [6.07, 6.45) is 1.36. The van der Waals surface area contributed by atoms with Crippen molar-refractivity contribution in [2.24, 2.45) is 5.16 Å². The van der Waals surface area contributed by atoms with Crippen molar-refractivity contribution >= 4 is 29.2 Å². The summed E-state index contributed by atoms with van der Waals surface area (Å²) in [5, 5.41) is 15.2. The maximum atomic E-state index is 8.56. The fourth-order valence-electron chi connectivity index (χ4n) is 2.01. The molecule has 0 fully saturated rings. The van der Waals surface area contributed by atoms with Crippen LogP contribution in [-0.2, 0) is 6.61 Å². The lowest BCUT2D eigenvalue weighted by Gasteiger charge is -2.04. The molecule has 0 radical (unpaired) electrons. The fourth-order valence-corrected chi connectivity index (χ4v) is 2.94. The molecule has 3 aromatic rings. The van der Waals surface area contributed by atoms with Gasteiger partial charge in [-0.25, -0.2) is 4.98 Å². The highest BCUT2D eigenvalue weighted by atomic mass is 35.5. The van der Waals surface area contributed by atoms with Gasteiger partial charge in [-0.15, -0.1) is 11.3 Å². The van der Waals surface area contributed by atoms with Gasteiger partial charge >= 0.3 is 0 Å². The van der Waals surface area contributed by atoms with Crippen molar-refractivity contribution in [3.8, 4) is 16.3 Å². The van der Waals surface area contributed by atoms with Crippen LogP contribution in [0.1, 0.15) is 11.3 Å². The number of nitrogens with zero attached hydrogens (tertiary/aromatic N) is 2. The highest BCUT2D eigenvalue weighted by molar-refractivity contribution is 7.13. The smallest absolute Gasteiger partial charge is 0.131 e. The van der Waals surface area contributed by atoms with Gasteiger partial charge in [-0.1, -0.05) is 41.0 Å². The first kappa shape index (κ1) is 15.5. The Kier molecular flexibility index (Phi) is 4.90. The summed E-state index contributed by atoms with van der Waals surface area (Å²) in [6, 6.07) is 14.9. The molecule has 2 aromatic carbocycles. The molecule has 0 saturated carbocycles. The predicted molar refractivity (Wildman–Crippen MR) is 92.7 cm³/mol. The van der Waals surface area contributed by atoms with Crippen molar-refractivity contribution in [2.45, 2.75) is 6.61 Å². The van der Waals surface area contributed by atoms with E-state index in [9.17, 15) is 0 Å². The van der Waals surface area contributed by atoms with E-state index in [0.29, 0.717) is 17.4 Å². The van der Waals surface area contributed by atoms with Crippen LogP contribution in [0, 0.1) is 0 Å². The third kappa shape index (κ3) is 4.09. The lowest BCUT2D eigenvalue weighted by atomic mass is 10.2. The van der Waals surface area contributed by atoms with E-state index in [1.807, 2.05) is 47.8 Å². The van der Waals surface area contributed by atoms with Crippen molar-refractivity contribution in [1.29, 1.82) is 0 Å². The highest BCUT2D eigenvalue weighted by Crippen LogP contribution is 2.25. The quantitative estimate of drug-likeness (QED) is 0.409. The van der Waals surface area contributed by atoms with Gasteiger partial charge in [-0.3, -0.25) is 0 Å².